The Morgan fingerprint density at radius 2 is 1.68 bits per heavy atom. The molecule has 0 spiro atoms. The van der Waals surface area contributed by atoms with E-state index >= 15 is 0 Å². The molecule has 9 heteroatoms. The van der Waals surface area contributed by atoms with Gasteiger partial charge in [-0.05, 0) is 91.3 Å². The summed E-state index contributed by atoms with van der Waals surface area (Å²) in [6, 6.07) is 19.3. The molecule has 1 saturated heterocycles. The summed E-state index contributed by atoms with van der Waals surface area (Å²) in [5.41, 5.74) is 2.54. The van der Waals surface area contributed by atoms with E-state index in [1.807, 2.05) is 50.2 Å². The molecule has 2 N–H and O–H groups in total. The SMILES string of the molecule is CCOc1ccc(N=C2NC(=O)/C(=C\c3ccc(OCc4ccc(C(=O)O)cc4)c(OCC)c3)S2)cc1. The van der Waals surface area contributed by atoms with Gasteiger partial charge in [-0.15, -0.1) is 0 Å². The first-order valence-electron chi connectivity index (χ1n) is 11.7. The maximum Gasteiger partial charge on any atom is 0.335 e. The van der Waals surface area contributed by atoms with Crippen molar-refractivity contribution in [1.29, 1.82) is 0 Å². The number of ether oxygens (including phenoxy) is 3. The number of aromatic carboxylic acids is 1. The van der Waals surface area contributed by atoms with Gasteiger partial charge in [-0.2, -0.15) is 0 Å². The van der Waals surface area contributed by atoms with Gasteiger partial charge in [0, 0.05) is 0 Å². The zero-order chi connectivity index (χ0) is 26.2. The molecule has 0 aliphatic carbocycles. The molecule has 0 unspecified atom stereocenters. The van der Waals surface area contributed by atoms with Crippen LogP contribution >= 0.6 is 11.8 Å². The van der Waals surface area contributed by atoms with Crippen LogP contribution in [0, 0.1) is 0 Å². The number of carboxylic acids is 1. The molecular formula is C28H26N2O6S. The van der Waals surface area contributed by atoms with Gasteiger partial charge in [-0.25, -0.2) is 9.79 Å². The summed E-state index contributed by atoms with van der Waals surface area (Å²) in [6.45, 7) is 5.09. The highest BCUT2D eigenvalue weighted by atomic mass is 32.2. The van der Waals surface area contributed by atoms with Crippen molar-refractivity contribution in [3.8, 4) is 17.2 Å². The number of benzene rings is 3. The molecular weight excluding hydrogens is 492 g/mol. The summed E-state index contributed by atoms with van der Waals surface area (Å²) in [6.07, 6.45) is 1.78. The fourth-order valence-electron chi connectivity index (χ4n) is 3.44. The lowest BCUT2D eigenvalue weighted by Crippen LogP contribution is -2.19. The number of hydrogen-bond donors (Lipinski definition) is 2. The van der Waals surface area contributed by atoms with Gasteiger partial charge in [-0.3, -0.25) is 4.79 Å². The molecule has 1 aliphatic rings. The van der Waals surface area contributed by atoms with Crippen LogP contribution in [0.4, 0.5) is 5.69 Å². The molecule has 3 aromatic rings. The van der Waals surface area contributed by atoms with E-state index in [9.17, 15) is 9.59 Å². The molecule has 0 aromatic heterocycles. The van der Waals surface area contributed by atoms with Gasteiger partial charge in [0.2, 0.25) is 0 Å². The molecule has 0 bridgehead atoms. The van der Waals surface area contributed by atoms with Crippen LogP contribution in [-0.4, -0.2) is 35.4 Å². The third kappa shape index (κ3) is 6.92. The second kappa shape index (κ2) is 12.1. The van der Waals surface area contributed by atoms with Crippen LogP contribution < -0.4 is 19.5 Å². The van der Waals surface area contributed by atoms with Gasteiger partial charge in [0.15, 0.2) is 16.7 Å². The fourth-order valence-corrected chi connectivity index (χ4v) is 4.28. The van der Waals surface area contributed by atoms with Crippen molar-refractivity contribution in [2.45, 2.75) is 20.5 Å². The van der Waals surface area contributed by atoms with E-state index in [2.05, 4.69) is 10.3 Å². The van der Waals surface area contributed by atoms with E-state index in [1.54, 1.807) is 24.3 Å². The summed E-state index contributed by atoms with van der Waals surface area (Å²) in [7, 11) is 0. The Balaban J connectivity index is 1.46. The fraction of sp³-hybridized carbons (Fsp3) is 0.179. The summed E-state index contributed by atoms with van der Waals surface area (Å²) in [5, 5.41) is 12.3. The number of hydrogen-bond acceptors (Lipinski definition) is 7. The Bertz CT molecular complexity index is 1330. The topological polar surface area (TPSA) is 106 Å². The average Bonchev–Trinajstić information content (AvgIpc) is 3.23. The molecule has 8 nitrogen and oxygen atoms in total. The second-order valence-electron chi connectivity index (χ2n) is 7.84. The molecule has 0 saturated carbocycles. The van der Waals surface area contributed by atoms with Crippen molar-refractivity contribution >= 4 is 40.6 Å². The number of carbonyl (C=O) groups is 2. The highest BCUT2D eigenvalue weighted by Crippen LogP contribution is 2.33. The van der Waals surface area contributed by atoms with Crippen molar-refractivity contribution < 1.29 is 28.9 Å². The summed E-state index contributed by atoms with van der Waals surface area (Å²) in [4.78, 5) is 28.6. The van der Waals surface area contributed by atoms with E-state index in [0.29, 0.717) is 40.5 Å². The van der Waals surface area contributed by atoms with Crippen molar-refractivity contribution in [1.82, 2.24) is 5.32 Å². The third-order valence-corrected chi connectivity index (χ3v) is 6.10. The number of amides is 1. The van der Waals surface area contributed by atoms with Gasteiger partial charge in [0.1, 0.15) is 12.4 Å². The molecule has 190 valence electrons. The molecule has 1 amide bonds. The van der Waals surface area contributed by atoms with Crippen LogP contribution in [-0.2, 0) is 11.4 Å². The first kappa shape index (κ1) is 25.8. The van der Waals surface area contributed by atoms with E-state index in [1.165, 1.54) is 23.9 Å². The van der Waals surface area contributed by atoms with Gasteiger partial charge in [0.05, 0.1) is 29.4 Å². The lowest BCUT2D eigenvalue weighted by atomic mass is 10.1. The average molecular weight is 519 g/mol. The number of nitrogens with one attached hydrogen (secondary N) is 1. The van der Waals surface area contributed by atoms with Crippen molar-refractivity contribution in [2.24, 2.45) is 4.99 Å². The van der Waals surface area contributed by atoms with Crippen LogP contribution in [0.15, 0.2) is 76.6 Å². The first-order chi connectivity index (χ1) is 17.9. The molecule has 1 aliphatic heterocycles. The Labute approximate surface area is 219 Å². The van der Waals surface area contributed by atoms with Gasteiger partial charge in [0.25, 0.3) is 5.91 Å². The number of thioether (sulfide) groups is 1. The number of carbonyl (C=O) groups excluding carboxylic acids is 1. The minimum absolute atomic E-state index is 0.220. The Hall–Kier alpha value is -4.24. The van der Waals surface area contributed by atoms with E-state index in [4.69, 9.17) is 19.3 Å². The lowest BCUT2D eigenvalue weighted by Gasteiger charge is -2.13. The molecule has 37 heavy (non-hydrogen) atoms. The number of nitrogens with zero attached hydrogens (tertiary/aromatic N) is 1. The molecule has 0 radical (unpaired) electrons. The molecule has 1 heterocycles. The zero-order valence-electron chi connectivity index (χ0n) is 20.4. The number of rotatable bonds is 10. The standard InChI is InChI=1S/C28H26N2O6S/c1-3-34-22-12-10-21(11-13-22)29-28-30-26(31)25(37-28)16-19-7-14-23(24(15-19)35-4-2)36-17-18-5-8-20(9-6-18)27(32)33/h5-16H,3-4,17H2,1-2H3,(H,32,33)(H,29,30,31)/b25-16+. The maximum atomic E-state index is 12.5. The normalized spacial score (nSPS) is 15.0. The number of carboxylic acid groups (broad SMARTS) is 1. The van der Waals surface area contributed by atoms with Crippen molar-refractivity contribution in [3.05, 3.63) is 88.3 Å². The van der Waals surface area contributed by atoms with Crippen LogP contribution in [0.2, 0.25) is 0 Å². The molecule has 0 atom stereocenters. The smallest absolute Gasteiger partial charge is 0.335 e. The van der Waals surface area contributed by atoms with Gasteiger partial charge < -0.3 is 24.6 Å². The highest BCUT2D eigenvalue weighted by molar-refractivity contribution is 8.18. The summed E-state index contributed by atoms with van der Waals surface area (Å²) >= 11 is 1.26. The van der Waals surface area contributed by atoms with Crippen molar-refractivity contribution in [2.75, 3.05) is 13.2 Å². The monoisotopic (exact) mass is 518 g/mol. The molecule has 1 fully saturated rings. The minimum atomic E-state index is -0.973. The Kier molecular flexibility index (Phi) is 8.48. The Morgan fingerprint density at radius 3 is 2.35 bits per heavy atom. The highest BCUT2D eigenvalue weighted by Gasteiger charge is 2.24. The quantitative estimate of drug-likeness (QED) is 0.334. The maximum absolute atomic E-state index is 12.5. The largest absolute Gasteiger partial charge is 0.494 e. The van der Waals surface area contributed by atoms with E-state index in [0.717, 1.165) is 16.9 Å². The second-order valence-corrected chi connectivity index (χ2v) is 8.87. The number of aliphatic imine (C=N–C) groups is 1. The minimum Gasteiger partial charge on any atom is -0.494 e. The van der Waals surface area contributed by atoms with Gasteiger partial charge >= 0.3 is 5.97 Å². The van der Waals surface area contributed by atoms with Crippen LogP contribution in [0.25, 0.3) is 6.08 Å². The van der Waals surface area contributed by atoms with Crippen LogP contribution in [0.3, 0.4) is 0 Å². The molecule has 3 aromatic carbocycles. The van der Waals surface area contributed by atoms with Crippen LogP contribution in [0.5, 0.6) is 17.2 Å². The van der Waals surface area contributed by atoms with E-state index < -0.39 is 5.97 Å². The summed E-state index contributed by atoms with van der Waals surface area (Å²) < 4.78 is 17.1. The van der Waals surface area contributed by atoms with Crippen LogP contribution in [0.1, 0.15) is 35.3 Å². The van der Waals surface area contributed by atoms with Crippen molar-refractivity contribution in [3.63, 3.8) is 0 Å². The number of amidine groups is 1. The van der Waals surface area contributed by atoms with E-state index in [-0.39, 0.29) is 18.1 Å². The molecule has 4 rings (SSSR count). The first-order valence-corrected chi connectivity index (χ1v) is 12.5. The third-order valence-electron chi connectivity index (χ3n) is 5.19. The predicted molar refractivity (Wildman–Crippen MR) is 144 cm³/mol. The summed E-state index contributed by atoms with van der Waals surface area (Å²) in [5.74, 6) is 0.666. The predicted octanol–water partition coefficient (Wildman–Crippen LogP) is 5.65. The Morgan fingerprint density at radius 1 is 0.946 bits per heavy atom. The zero-order valence-corrected chi connectivity index (χ0v) is 21.2. The van der Waals surface area contributed by atoms with Gasteiger partial charge in [-0.1, -0.05) is 18.2 Å². The lowest BCUT2D eigenvalue weighted by molar-refractivity contribution is -0.115.